The van der Waals surface area contributed by atoms with E-state index in [1.54, 1.807) is 0 Å². The lowest BCUT2D eigenvalue weighted by Gasteiger charge is -2.26. The van der Waals surface area contributed by atoms with E-state index in [-0.39, 0.29) is 11.4 Å². The van der Waals surface area contributed by atoms with Crippen LogP contribution in [-0.2, 0) is 11.2 Å². The van der Waals surface area contributed by atoms with Gasteiger partial charge in [0.1, 0.15) is 0 Å². The molecule has 1 N–H and O–H groups in total. The lowest BCUT2D eigenvalue weighted by molar-refractivity contribution is -0.121. The molecule has 1 aliphatic rings. The van der Waals surface area contributed by atoms with E-state index in [2.05, 4.69) is 57.0 Å². The monoisotopic (exact) mass is 302 g/mol. The SMILES string of the molecule is CCN(CC)CC1(NC(=O)Cc2c(C)cc(C)cc2C)CC1. The minimum atomic E-state index is 0.0373. The molecule has 0 atom stereocenters. The van der Waals surface area contributed by atoms with Gasteiger partial charge in [-0.2, -0.15) is 0 Å². The third-order valence-electron chi connectivity index (χ3n) is 4.86. The molecule has 1 aromatic rings. The Morgan fingerprint density at radius 1 is 1.14 bits per heavy atom. The van der Waals surface area contributed by atoms with Crippen LogP contribution in [0.15, 0.2) is 12.1 Å². The summed E-state index contributed by atoms with van der Waals surface area (Å²) in [6.07, 6.45) is 2.72. The predicted octanol–water partition coefficient (Wildman–Crippen LogP) is 3.14. The maximum Gasteiger partial charge on any atom is 0.224 e. The van der Waals surface area contributed by atoms with Crippen molar-refractivity contribution in [2.24, 2.45) is 0 Å². The fourth-order valence-corrected chi connectivity index (χ4v) is 3.34. The van der Waals surface area contributed by atoms with Crippen molar-refractivity contribution in [1.82, 2.24) is 10.2 Å². The molecule has 122 valence electrons. The fourth-order valence-electron chi connectivity index (χ4n) is 3.34. The third kappa shape index (κ3) is 4.10. The van der Waals surface area contributed by atoms with E-state index in [4.69, 9.17) is 0 Å². The molecular formula is C19H30N2O. The number of nitrogens with zero attached hydrogens (tertiary/aromatic N) is 1. The Labute approximate surface area is 135 Å². The summed E-state index contributed by atoms with van der Waals surface area (Å²) in [6, 6.07) is 4.33. The topological polar surface area (TPSA) is 32.3 Å². The van der Waals surface area contributed by atoms with Crippen molar-refractivity contribution >= 4 is 5.91 Å². The summed E-state index contributed by atoms with van der Waals surface area (Å²) in [5.74, 6) is 0.166. The number of nitrogens with one attached hydrogen (secondary N) is 1. The summed E-state index contributed by atoms with van der Waals surface area (Å²) in [7, 11) is 0. The highest BCUT2D eigenvalue weighted by Crippen LogP contribution is 2.36. The number of hydrogen-bond donors (Lipinski definition) is 1. The molecule has 1 amide bonds. The first-order chi connectivity index (χ1) is 10.4. The van der Waals surface area contributed by atoms with Gasteiger partial charge in [-0.15, -0.1) is 0 Å². The summed E-state index contributed by atoms with van der Waals surface area (Å²) >= 11 is 0. The Hall–Kier alpha value is -1.35. The maximum atomic E-state index is 12.5. The zero-order chi connectivity index (χ0) is 16.3. The molecule has 1 saturated carbocycles. The molecule has 2 rings (SSSR count). The number of aryl methyl sites for hydroxylation is 3. The van der Waals surface area contributed by atoms with Gasteiger partial charge < -0.3 is 10.2 Å². The molecule has 0 spiro atoms. The fraction of sp³-hybridized carbons (Fsp3) is 0.632. The van der Waals surface area contributed by atoms with Gasteiger partial charge in [-0.3, -0.25) is 4.79 Å². The molecule has 1 aliphatic carbocycles. The summed E-state index contributed by atoms with van der Waals surface area (Å²) in [6.45, 7) is 13.7. The van der Waals surface area contributed by atoms with Gasteiger partial charge in [-0.1, -0.05) is 31.5 Å². The number of amides is 1. The molecule has 3 heteroatoms. The van der Waals surface area contributed by atoms with Crippen LogP contribution < -0.4 is 5.32 Å². The Kier molecular flexibility index (Phi) is 5.28. The van der Waals surface area contributed by atoms with Crippen LogP contribution >= 0.6 is 0 Å². The number of hydrogen-bond acceptors (Lipinski definition) is 2. The van der Waals surface area contributed by atoms with Gasteiger partial charge in [0.05, 0.1) is 12.0 Å². The number of carbonyl (C=O) groups is 1. The molecule has 0 radical (unpaired) electrons. The van der Waals surface area contributed by atoms with Crippen LogP contribution in [0.1, 0.15) is 48.9 Å². The van der Waals surface area contributed by atoms with Gasteiger partial charge in [-0.05, 0) is 63.4 Å². The number of carbonyl (C=O) groups excluding carboxylic acids is 1. The maximum absolute atomic E-state index is 12.5. The molecule has 0 aliphatic heterocycles. The zero-order valence-electron chi connectivity index (χ0n) is 14.8. The highest BCUT2D eigenvalue weighted by atomic mass is 16.1. The first-order valence-corrected chi connectivity index (χ1v) is 8.49. The van der Waals surface area contributed by atoms with Crippen LogP contribution in [0.3, 0.4) is 0 Å². The summed E-state index contributed by atoms with van der Waals surface area (Å²) < 4.78 is 0. The Morgan fingerprint density at radius 2 is 1.68 bits per heavy atom. The van der Waals surface area contributed by atoms with E-state index < -0.39 is 0 Å². The normalized spacial score (nSPS) is 15.9. The van der Waals surface area contributed by atoms with Gasteiger partial charge >= 0.3 is 0 Å². The van der Waals surface area contributed by atoms with Crippen LogP contribution in [0.5, 0.6) is 0 Å². The molecule has 0 saturated heterocycles. The van der Waals surface area contributed by atoms with Gasteiger partial charge in [-0.25, -0.2) is 0 Å². The van der Waals surface area contributed by atoms with E-state index in [9.17, 15) is 4.79 Å². The van der Waals surface area contributed by atoms with Gasteiger partial charge in [0.25, 0.3) is 0 Å². The number of benzene rings is 1. The lowest BCUT2D eigenvalue weighted by Crippen LogP contribution is -2.46. The van der Waals surface area contributed by atoms with Crippen molar-refractivity contribution in [1.29, 1.82) is 0 Å². The first-order valence-electron chi connectivity index (χ1n) is 8.49. The van der Waals surface area contributed by atoms with E-state index in [0.717, 1.165) is 32.5 Å². The van der Waals surface area contributed by atoms with Crippen LogP contribution in [-0.4, -0.2) is 36.0 Å². The molecule has 3 nitrogen and oxygen atoms in total. The second-order valence-electron chi connectivity index (χ2n) is 6.84. The summed E-state index contributed by atoms with van der Waals surface area (Å²) in [5.41, 5.74) is 4.93. The van der Waals surface area contributed by atoms with Gasteiger partial charge in [0, 0.05) is 6.54 Å². The predicted molar refractivity (Wildman–Crippen MR) is 92.3 cm³/mol. The Balaban J connectivity index is 1.99. The molecule has 22 heavy (non-hydrogen) atoms. The van der Waals surface area contributed by atoms with Crippen LogP contribution in [0.4, 0.5) is 0 Å². The highest BCUT2D eigenvalue weighted by Gasteiger charge is 2.44. The number of rotatable bonds is 7. The Bertz CT molecular complexity index is 519. The van der Waals surface area contributed by atoms with Crippen molar-refractivity contribution in [3.05, 3.63) is 34.4 Å². The summed E-state index contributed by atoms with van der Waals surface area (Å²) in [4.78, 5) is 14.9. The minimum Gasteiger partial charge on any atom is -0.349 e. The van der Waals surface area contributed by atoms with E-state index in [1.165, 1.54) is 22.3 Å². The quantitative estimate of drug-likeness (QED) is 0.839. The molecule has 1 fully saturated rings. The minimum absolute atomic E-state index is 0.0373. The smallest absolute Gasteiger partial charge is 0.224 e. The van der Waals surface area contributed by atoms with Crippen molar-refractivity contribution in [2.45, 2.75) is 59.4 Å². The van der Waals surface area contributed by atoms with Crippen molar-refractivity contribution < 1.29 is 4.79 Å². The molecule has 0 heterocycles. The second kappa shape index (κ2) is 6.82. The zero-order valence-corrected chi connectivity index (χ0v) is 14.8. The average molecular weight is 302 g/mol. The molecule has 0 aromatic heterocycles. The lowest BCUT2D eigenvalue weighted by atomic mass is 9.97. The van der Waals surface area contributed by atoms with Crippen LogP contribution in [0, 0.1) is 20.8 Å². The Morgan fingerprint density at radius 3 is 2.14 bits per heavy atom. The van der Waals surface area contributed by atoms with E-state index in [0.29, 0.717) is 6.42 Å². The van der Waals surface area contributed by atoms with Crippen molar-refractivity contribution in [2.75, 3.05) is 19.6 Å². The van der Waals surface area contributed by atoms with E-state index in [1.807, 2.05) is 0 Å². The number of likely N-dealkylation sites (N-methyl/N-ethyl adjacent to an activating group) is 1. The van der Waals surface area contributed by atoms with Crippen LogP contribution in [0.2, 0.25) is 0 Å². The highest BCUT2D eigenvalue weighted by molar-refractivity contribution is 5.80. The second-order valence-corrected chi connectivity index (χ2v) is 6.84. The first kappa shape index (κ1) is 17.0. The third-order valence-corrected chi connectivity index (χ3v) is 4.86. The van der Waals surface area contributed by atoms with Crippen molar-refractivity contribution in [3.8, 4) is 0 Å². The average Bonchev–Trinajstić information content (AvgIpc) is 3.20. The summed E-state index contributed by atoms with van der Waals surface area (Å²) in [5, 5.41) is 3.30. The van der Waals surface area contributed by atoms with Gasteiger partial charge in [0.15, 0.2) is 0 Å². The molecular weight excluding hydrogens is 272 g/mol. The van der Waals surface area contributed by atoms with Gasteiger partial charge in [0.2, 0.25) is 5.91 Å². The molecule has 1 aromatic carbocycles. The van der Waals surface area contributed by atoms with Crippen molar-refractivity contribution in [3.63, 3.8) is 0 Å². The molecule has 0 unspecified atom stereocenters. The van der Waals surface area contributed by atoms with Crippen LogP contribution in [0.25, 0.3) is 0 Å². The largest absolute Gasteiger partial charge is 0.349 e. The van der Waals surface area contributed by atoms with E-state index >= 15 is 0 Å². The standard InChI is InChI=1S/C19H30N2O/c1-6-21(7-2)13-19(8-9-19)20-18(22)12-17-15(4)10-14(3)11-16(17)5/h10-11H,6-9,12-13H2,1-5H3,(H,20,22). The molecule has 0 bridgehead atoms.